The molecule has 0 amide bonds. The van der Waals surface area contributed by atoms with Gasteiger partial charge in [-0.15, -0.1) is 0 Å². The van der Waals surface area contributed by atoms with Crippen LogP contribution in [0.3, 0.4) is 0 Å². The van der Waals surface area contributed by atoms with Crippen LogP contribution < -0.4 is 5.32 Å². The van der Waals surface area contributed by atoms with Crippen LogP contribution in [0.15, 0.2) is 0 Å². The Labute approximate surface area is 119 Å². The Balaban J connectivity index is 2.06. The first kappa shape index (κ1) is 15.3. The summed E-state index contributed by atoms with van der Waals surface area (Å²) in [5.41, 5.74) is 0.410. The average Bonchev–Trinajstić information content (AvgIpc) is 2.91. The number of nitrogens with zero attached hydrogens (tertiary/aromatic N) is 1. The highest BCUT2D eigenvalue weighted by Crippen LogP contribution is 2.40. The van der Waals surface area contributed by atoms with E-state index in [1.165, 1.54) is 38.5 Å². The first-order valence-corrected chi connectivity index (χ1v) is 8.19. The molecule has 0 aromatic rings. The molecule has 2 aliphatic rings. The number of hydrogen-bond donors (Lipinski definition) is 1. The first-order valence-electron chi connectivity index (χ1n) is 8.19. The zero-order valence-corrected chi connectivity index (χ0v) is 13.1. The van der Waals surface area contributed by atoms with E-state index in [-0.39, 0.29) is 0 Å². The molecule has 1 unspecified atom stereocenters. The van der Waals surface area contributed by atoms with Crippen LogP contribution in [0.5, 0.6) is 0 Å². The van der Waals surface area contributed by atoms with Crippen LogP contribution in [0.1, 0.15) is 52.4 Å². The van der Waals surface area contributed by atoms with Crippen molar-refractivity contribution < 1.29 is 4.74 Å². The second kappa shape index (κ2) is 7.05. The molecule has 112 valence electrons. The van der Waals surface area contributed by atoms with Crippen LogP contribution in [0.4, 0.5) is 0 Å². The van der Waals surface area contributed by atoms with Crippen LogP contribution in [-0.4, -0.2) is 49.8 Å². The lowest BCUT2D eigenvalue weighted by molar-refractivity contribution is -0.0364. The molecule has 19 heavy (non-hydrogen) atoms. The fraction of sp³-hybridized carbons (Fsp3) is 1.00. The first-order chi connectivity index (χ1) is 9.19. The molecule has 1 aliphatic carbocycles. The Morgan fingerprint density at radius 3 is 2.26 bits per heavy atom. The molecule has 1 saturated carbocycles. The third-order valence-electron chi connectivity index (χ3n) is 5.14. The standard InChI is InChI=1S/C16H32N2O/c1-14(2)6-7-15(17-3)16(8-4-5-9-16)18-10-12-19-13-11-18/h14-15,17H,4-13H2,1-3H3. The van der Waals surface area contributed by atoms with E-state index < -0.39 is 0 Å². The maximum absolute atomic E-state index is 5.55. The Morgan fingerprint density at radius 1 is 1.11 bits per heavy atom. The van der Waals surface area contributed by atoms with Gasteiger partial charge in [-0.25, -0.2) is 0 Å². The molecule has 2 fully saturated rings. The third-order valence-corrected chi connectivity index (χ3v) is 5.14. The molecule has 0 aromatic heterocycles. The number of nitrogens with one attached hydrogen (secondary N) is 1. The van der Waals surface area contributed by atoms with Crippen LogP contribution in [0.25, 0.3) is 0 Å². The van der Waals surface area contributed by atoms with Crippen LogP contribution >= 0.6 is 0 Å². The summed E-state index contributed by atoms with van der Waals surface area (Å²) < 4.78 is 5.55. The van der Waals surface area contributed by atoms with Crippen molar-refractivity contribution in [3.05, 3.63) is 0 Å². The van der Waals surface area contributed by atoms with E-state index in [0.29, 0.717) is 11.6 Å². The topological polar surface area (TPSA) is 24.5 Å². The van der Waals surface area contributed by atoms with Gasteiger partial charge >= 0.3 is 0 Å². The fourth-order valence-corrected chi connectivity index (χ4v) is 4.06. The molecular weight excluding hydrogens is 236 g/mol. The quantitative estimate of drug-likeness (QED) is 0.801. The zero-order chi connectivity index (χ0) is 13.7. The Morgan fingerprint density at radius 2 is 1.74 bits per heavy atom. The van der Waals surface area contributed by atoms with Crippen molar-refractivity contribution in [2.75, 3.05) is 33.4 Å². The molecular formula is C16H32N2O. The van der Waals surface area contributed by atoms with E-state index >= 15 is 0 Å². The minimum atomic E-state index is 0.410. The molecule has 3 heteroatoms. The summed E-state index contributed by atoms with van der Waals surface area (Å²) >= 11 is 0. The van der Waals surface area contributed by atoms with E-state index in [0.717, 1.165) is 32.2 Å². The van der Waals surface area contributed by atoms with E-state index in [2.05, 4.69) is 31.1 Å². The van der Waals surface area contributed by atoms with Gasteiger partial charge in [0, 0.05) is 24.7 Å². The number of rotatable bonds is 6. The van der Waals surface area contributed by atoms with Crippen LogP contribution in [0, 0.1) is 5.92 Å². The van der Waals surface area contributed by atoms with Gasteiger partial charge in [0.15, 0.2) is 0 Å². The van der Waals surface area contributed by atoms with E-state index in [9.17, 15) is 0 Å². The Kier molecular flexibility index (Phi) is 5.67. The summed E-state index contributed by atoms with van der Waals surface area (Å²) in [5, 5.41) is 3.66. The number of morpholine rings is 1. The highest BCUT2D eigenvalue weighted by atomic mass is 16.5. The van der Waals surface area contributed by atoms with Gasteiger partial charge in [-0.05, 0) is 38.6 Å². The van der Waals surface area contributed by atoms with Crippen LogP contribution in [-0.2, 0) is 4.74 Å². The summed E-state index contributed by atoms with van der Waals surface area (Å²) in [6.07, 6.45) is 8.19. The van der Waals surface area contributed by atoms with Gasteiger partial charge in [0.1, 0.15) is 0 Å². The maximum atomic E-state index is 5.55. The van der Waals surface area contributed by atoms with Crippen LogP contribution in [0.2, 0.25) is 0 Å². The molecule has 0 aromatic carbocycles. The summed E-state index contributed by atoms with van der Waals surface area (Å²) in [7, 11) is 2.16. The van der Waals surface area contributed by atoms with Crippen molar-refractivity contribution in [3.63, 3.8) is 0 Å². The normalized spacial score (nSPS) is 25.9. The van der Waals surface area contributed by atoms with Crippen molar-refractivity contribution in [1.29, 1.82) is 0 Å². The summed E-state index contributed by atoms with van der Waals surface area (Å²) in [6, 6.07) is 0.649. The molecule has 0 radical (unpaired) electrons. The number of likely N-dealkylation sites (N-methyl/N-ethyl adjacent to an activating group) is 1. The summed E-state index contributed by atoms with van der Waals surface area (Å²) in [6.45, 7) is 8.76. The largest absolute Gasteiger partial charge is 0.379 e. The maximum Gasteiger partial charge on any atom is 0.0594 e. The molecule has 2 rings (SSSR count). The van der Waals surface area contributed by atoms with Gasteiger partial charge in [-0.2, -0.15) is 0 Å². The van der Waals surface area contributed by atoms with Gasteiger partial charge < -0.3 is 10.1 Å². The zero-order valence-electron chi connectivity index (χ0n) is 13.1. The van der Waals surface area contributed by atoms with E-state index in [1.54, 1.807) is 0 Å². The van der Waals surface area contributed by atoms with Gasteiger partial charge in [0.25, 0.3) is 0 Å². The molecule has 1 N–H and O–H groups in total. The van der Waals surface area contributed by atoms with Gasteiger partial charge in [-0.1, -0.05) is 26.7 Å². The molecule has 1 atom stereocenters. The molecule has 1 heterocycles. The molecule has 1 saturated heterocycles. The highest BCUT2D eigenvalue weighted by molar-refractivity contribution is 5.03. The lowest BCUT2D eigenvalue weighted by Crippen LogP contribution is -2.61. The van der Waals surface area contributed by atoms with Crippen molar-refractivity contribution in [2.45, 2.75) is 64.0 Å². The Bertz CT molecular complexity index is 255. The smallest absolute Gasteiger partial charge is 0.0594 e. The molecule has 0 bridgehead atoms. The lowest BCUT2D eigenvalue weighted by atomic mass is 9.82. The van der Waals surface area contributed by atoms with Crippen molar-refractivity contribution in [1.82, 2.24) is 10.2 Å². The number of ether oxygens (including phenoxy) is 1. The Hall–Kier alpha value is -0.120. The SMILES string of the molecule is CNC(CCC(C)C)C1(N2CCOCC2)CCCC1. The number of hydrogen-bond acceptors (Lipinski definition) is 3. The predicted octanol–water partition coefficient (Wildman–Crippen LogP) is 2.66. The minimum absolute atomic E-state index is 0.410. The van der Waals surface area contributed by atoms with E-state index in [1.807, 2.05) is 0 Å². The van der Waals surface area contributed by atoms with Gasteiger partial charge in [-0.3, -0.25) is 4.90 Å². The third kappa shape index (κ3) is 3.50. The molecule has 1 aliphatic heterocycles. The fourth-order valence-electron chi connectivity index (χ4n) is 4.06. The van der Waals surface area contributed by atoms with Crippen molar-refractivity contribution in [3.8, 4) is 0 Å². The monoisotopic (exact) mass is 268 g/mol. The second-order valence-corrected chi connectivity index (χ2v) is 6.72. The molecule has 0 spiro atoms. The minimum Gasteiger partial charge on any atom is -0.379 e. The lowest BCUT2D eigenvalue weighted by Gasteiger charge is -2.48. The summed E-state index contributed by atoms with van der Waals surface area (Å²) in [5.74, 6) is 0.805. The highest BCUT2D eigenvalue weighted by Gasteiger charge is 2.45. The predicted molar refractivity (Wildman–Crippen MR) is 80.5 cm³/mol. The second-order valence-electron chi connectivity index (χ2n) is 6.72. The van der Waals surface area contributed by atoms with Gasteiger partial charge in [0.2, 0.25) is 0 Å². The van der Waals surface area contributed by atoms with Crippen molar-refractivity contribution in [2.24, 2.45) is 5.92 Å². The van der Waals surface area contributed by atoms with Crippen molar-refractivity contribution >= 4 is 0 Å². The summed E-state index contributed by atoms with van der Waals surface area (Å²) in [4.78, 5) is 2.74. The van der Waals surface area contributed by atoms with E-state index in [4.69, 9.17) is 4.74 Å². The molecule has 3 nitrogen and oxygen atoms in total. The average molecular weight is 268 g/mol. The van der Waals surface area contributed by atoms with Gasteiger partial charge in [0.05, 0.1) is 13.2 Å².